The molecule has 110 valence electrons. The molecule has 0 spiro atoms. The fourth-order valence-corrected chi connectivity index (χ4v) is 3.01. The molecule has 1 saturated heterocycles. The van der Waals surface area contributed by atoms with E-state index in [1.807, 2.05) is 25.5 Å². The molecule has 7 heteroatoms. The van der Waals surface area contributed by atoms with E-state index in [1.54, 1.807) is 11.3 Å². The SMILES string of the molecule is CN(C)C(CNC(=O)C1CNC(=O)CN1)c1cccs1. The van der Waals surface area contributed by atoms with Crippen molar-refractivity contribution < 1.29 is 9.59 Å². The molecular formula is C13H20N4O2S. The van der Waals surface area contributed by atoms with E-state index in [-0.39, 0.29) is 30.4 Å². The Morgan fingerprint density at radius 3 is 2.95 bits per heavy atom. The van der Waals surface area contributed by atoms with Crippen molar-refractivity contribution >= 4 is 23.2 Å². The molecule has 1 fully saturated rings. The van der Waals surface area contributed by atoms with Crippen LogP contribution in [0, 0.1) is 0 Å². The van der Waals surface area contributed by atoms with Crippen LogP contribution in [0.4, 0.5) is 0 Å². The van der Waals surface area contributed by atoms with Gasteiger partial charge in [0.1, 0.15) is 6.04 Å². The van der Waals surface area contributed by atoms with Gasteiger partial charge in [-0.2, -0.15) is 0 Å². The van der Waals surface area contributed by atoms with Crippen LogP contribution < -0.4 is 16.0 Å². The Morgan fingerprint density at radius 1 is 1.60 bits per heavy atom. The van der Waals surface area contributed by atoms with Crippen molar-refractivity contribution in [3.8, 4) is 0 Å². The molecule has 2 unspecified atom stereocenters. The summed E-state index contributed by atoms with van der Waals surface area (Å²) in [5.74, 6) is -0.146. The average Bonchev–Trinajstić information content (AvgIpc) is 2.93. The molecule has 2 heterocycles. The summed E-state index contributed by atoms with van der Waals surface area (Å²) >= 11 is 1.68. The van der Waals surface area contributed by atoms with Crippen molar-refractivity contribution in [2.24, 2.45) is 0 Å². The largest absolute Gasteiger partial charge is 0.353 e. The van der Waals surface area contributed by atoms with Crippen molar-refractivity contribution in [1.82, 2.24) is 20.9 Å². The molecule has 0 aliphatic carbocycles. The number of piperazine rings is 1. The van der Waals surface area contributed by atoms with Crippen LogP contribution in [0.2, 0.25) is 0 Å². The van der Waals surface area contributed by atoms with E-state index in [4.69, 9.17) is 0 Å². The number of likely N-dealkylation sites (N-methyl/N-ethyl adjacent to an activating group) is 1. The van der Waals surface area contributed by atoms with Crippen molar-refractivity contribution in [3.63, 3.8) is 0 Å². The summed E-state index contributed by atoms with van der Waals surface area (Å²) in [4.78, 5) is 26.4. The van der Waals surface area contributed by atoms with Crippen LogP contribution in [0.3, 0.4) is 0 Å². The van der Waals surface area contributed by atoms with E-state index < -0.39 is 0 Å². The van der Waals surface area contributed by atoms with E-state index in [2.05, 4.69) is 26.9 Å². The molecule has 0 saturated carbocycles. The van der Waals surface area contributed by atoms with Crippen LogP contribution in [0.25, 0.3) is 0 Å². The average molecular weight is 296 g/mol. The first-order chi connectivity index (χ1) is 9.58. The van der Waals surface area contributed by atoms with E-state index in [9.17, 15) is 9.59 Å². The minimum atomic E-state index is -0.348. The third-order valence-corrected chi connectivity index (χ3v) is 4.27. The second kappa shape index (κ2) is 6.83. The molecule has 3 N–H and O–H groups in total. The first kappa shape index (κ1) is 15.0. The number of carbonyl (C=O) groups is 2. The highest BCUT2D eigenvalue weighted by atomic mass is 32.1. The normalized spacial score (nSPS) is 20.6. The summed E-state index contributed by atoms with van der Waals surface area (Å²) in [7, 11) is 3.99. The maximum Gasteiger partial charge on any atom is 0.239 e. The third-order valence-electron chi connectivity index (χ3n) is 3.29. The summed E-state index contributed by atoms with van der Waals surface area (Å²) in [6.07, 6.45) is 0. The minimum absolute atomic E-state index is 0.0706. The lowest BCUT2D eigenvalue weighted by Gasteiger charge is -2.26. The van der Waals surface area contributed by atoms with E-state index in [1.165, 1.54) is 4.88 Å². The van der Waals surface area contributed by atoms with Gasteiger partial charge in [0.2, 0.25) is 11.8 Å². The highest BCUT2D eigenvalue weighted by Gasteiger charge is 2.24. The maximum absolute atomic E-state index is 12.1. The highest BCUT2D eigenvalue weighted by Crippen LogP contribution is 2.22. The fourth-order valence-electron chi connectivity index (χ4n) is 2.09. The number of rotatable bonds is 5. The summed E-state index contributed by atoms with van der Waals surface area (Å²) in [5, 5.41) is 10.6. The van der Waals surface area contributed by atoms with Crippen molar-refractivity contribution in [2.45, 2.75) is 12.1 Å². The predicted octanol–water partition coefficient (Wildman–Crippen LogP) is -0.445. The lowest BCUT2D eigenvalue weighted by Crippen LogP contribution is -2.58. The summed E-state index contributed by atoms with van der Waals surface area (Å²) in [6.45, 7) is 1.09. The van der Waals surface area contributed by atoms with E-state index >= 15 is 0 Å². The summed E-state index contributed by atoms with van der Waals surface area (Å²) in [6, 6.07) is 3.90. The van der Waals surface area contributed by atoms with Gasteiger partial charge in [0.05, 0.1) is 12.6 Å². The smallest absolute Gasteiger partial charge is 0.239 e. The number of thiophene rings is 1. The molecule has 1 aromatic heterocycles. The van der Waals surface area contributed by atoms with Crippen molar-refractivity contribution in [3.05, 3.63) is 22.4 Å². The lowest BCUT2D eigenvalue weighted by molar-refractivity contribution is -0.126. The van der Waals surface area contributed by atoms with Gasteiger partial charge in [-0.3, -0.25) is 14.9 Å². The van der Waals surface area contributed by atoms with Crippen molar-refractivity contribution in [1.29, 1.82) is 0 Å². The van der Waals surface area contributed by atoms with Crippen LogP contribution >= 0.6 is 11.3 Å². The Kier molecular flexibility index (Phi) is 5.11. The molecule has 1 aliphatic heterocycles. The predicted molar refractivity (Wildman–Crippen MR) is 78.6 cm³/mol. The first-order valence-corrected chi connectivity index (χ1v) is 7.43. The second-order valence-corrected chi connectivity index (χ2v) is 5.96. The Morgan fingerprint density at radius 2 is 2.40 bits per heavy atom. The number of amides is 2. The number of hydrogen-bond donors (Lipinski definition) is 3. The van der Waals surface area contributed by atoms with Gasteiger partial charge >= 0.3 is 0 Å². The zero-order chi connectivity index (χ0) is 14.5. The summed E-state index contributed by atoms with van der Waals surface area (Å²) < 4.78 is 0. The Balaban J connectivity index is 1.86. The molecule has 6 nitrogen and oxygen atoms in total. The molecule has 0 aromatic carbocycles. The Labute approximate surface area is 122 Å². The van der Waals surface area contributed by atoms with Gasteiger partial charge in [0.15, 0.2) is 0 Å². The van der Waals surface area contributed by atoms with Crippen LogP contribution in [0.1, 0.15) is 10.9 Å². The van der Waals surface area contributed by atoms with Crippen LogP contribution in [-0.2, 0) is 9.59 Å². The number of carbonyl (C=O) groups excluding carboxylic acids is 2. The van der Waals surface area contributed by atoms with Gasteiger partial charge in [-0.15, -0.1) is 11.3 Å². The van der Waals surface area contributed by atoms with Gasteiger partial charge in [-0.05, 0) is 25.5 Å². The molecule has 0 radical (unpaired) electrons. The molecule has 20 heavy (non-hydrogen) atoms. The molecule has 1 aliphatic rings. The quantitative estimate of drug-likeness (QED) is 0.688. The van der Waals surface area contributed by atoms with Crippen LogP contribution in [0.5, 0.6) is 0 Å². The molecule has 2 amide bonds. The first-order valence-electron chi connectivity index (χ1n) is 6.55. The molecule has 0 bridgehead atoms. The van der Waals surface area contributed by atoms with Crippen molar-refractivity contribution in [2.75, 3.05) is 33.7 Å². The van der Waals surface area contributed by atoms with Gasteiger partial charge in [-0.1, -0.05) is 6.07 Å². The van der Waals surface area contributed by atoms with Gasteiger partial charge < -0.3 is 15.5 Å². The van der Waals surface area contributed by atoms with Gasteiger partial charge in [0.25, 0.3) is 0 Å². The minimum Gasteiger partial charge on any atom is -0.353 e. The Hall–Kier alpha value is -1.44. The van der Waals surface area contributed by atoms with Crippen LogP contribution in [-0.4, -0.2) is 56.5 Å². The summed E-state index contributed by atoms with van der Waals surface area (Å²) in [5.41, 5.74) is 0. The highest BCUT2D eigenvalue weighted by molar-refractivity contribution is 7.10. The van der Waals surface area contributed by atoms with Crippen LogP contribution in [0.15, 0.2) is 17.5 Å². The van der Waals surface area contributed by atoms with E-state index in [0.29, 0.717) is 13.1 Å². The van der Waals surface area contributed by atoms with E-state index in [0.717, 1.165) is 0 Å². The third kappa shape index (κ3) is 3.78. The lowest BCUT2D eigenvalue weighted by atomic mass is 10.2. The Bertz CT molecular complexity index is 451. The monoisotopic (exact) mass is 296 g/mol. The number of nitrogens with zero attached hydrogens (tertiary/aromatic N) is 1. The fraction of sp³-hybridized carbons (Fsp3) is 0.538. The zero-order valence-electron chi connectivity index (χ0n) is 11.7. The molecular weight excluding hydrogens is 276 g/mol. The molecule has 1 aromatic rings. The standard InChI is InChI=1S/C13H20N4O2S/c1-17(2)10(11-4-3-5-20-11)7-16-13(19)9-6-15-12(18)8-14-9/h3-5,9-10,14H,6-8H2,1-2H3,(H,15,18)(H,16,19). The second-order valence-electron chi connectivity index (χ2n) is 4.98. The maximum atomic E-state index is 12.1. The number of nitrogens with one attached hydrogen (secondary N) is 3. The zero-order valence-corrected chi connectivity index (χ0v) is 12.5. The molecule has 2 rings (SSSR count). The number of hydrogen-bond acceptors (Lipinski definition) is 5. The topological polar surface area (TPSA) is 73.5 Å². The molecule has 2 atom stereocenters. The van der Waals surface area contributed by atoms with Gasteiger partial charge in [0, 0.05) is 18.0 Å². The van der Waals surface area contributed by atoms with Gasteiger partial charge in [-0.25, -0.2) is 0 Å².